The molecule has 1 rings (SSSR count). The second-order valence-electron chi connectivity index (χ2n) is 4.74. The zero-order chi connectivity index (χ0) is 12.2. The van der Waals surface area contributed by atoms with Crippen molar-refractivity contribution in [2.45, 2.75) is 13.8 Å². The van der Waals surface area contributed by atoms with E-state index < -0.39 is 0 Å². The van der Waals surface area contributed by atoms with Crippen molar-refractivity contribution in [3.05, 3.63) is 30.1 Å². The summed E-state index contributed by atoms with van der Waals surface area (Å²) in [4.78, 5) is 17.7. The summed E-state index contributed by atoms with van der Waals surface area (Å²) in [6.07, 6.45) is 1.62. The van der Waals surface area contributed by atoms with Crippen LogP contribution < -0.4 is 5.73 Å². The lowest BCUT2D eigenvalue weighted by Gasteiger charge is -2.28. The van der Waals surface area contributed by atoms with Crippen molar-refractivity contribution in [1.82, 2.24) is 9.88 Å². The molecule has 0 atom stereocenters. The Morgan fingerprint density at radius 1 is 1.39 bits per heavy atom. The first-order chi connectivity index (χ1) is 7.46. The van der Waals surface area contributed by atoms with Crippen molar-refractivity contribution in [2.75, 3.05) is 20.1 Å². The van der Waals surface area contributed by atoms with Crippen LogP contribution in [0.2, 0.25) is 0 Å². The molecule has 0 unspecified atom stereocenters. The smallest absolute Gasteiger partial charge is 0.272 e. The number of nitrogens with zero attached hydrogens (tertiary/aromatic N) is 2. The van der Waals surface area contributed by atoms with E-state index in [1.165, 1.54) is 0 Å². The average Bonchev–Trinajstić information content (AvgIpc) is 2.28. The predicted octanol–water partition coefficient (Wildman–Crippen LogP) is 1.98. The average molecular weight is 294 g/mol. The summed E-state index contributed by atoms with van der Waals surface area (Å²) in [6, 6.07) is 5.32. The molecule has 0 bridgehead atoms. The van der Waals surface area contributed by atoms with Crippen LogP contribution in [0.25, 0.3) is 0 Å². The minimum atomic E-state index is -0.0702. The molecule has 0 saturated carbocycles. The van der Waals surface area contributed by atoms with Gasteiger partial charge in [0.1, 0.15) is 5.69 Å². The molecule has 1 aromatic heterocycles. The molecule has 0 radical (unpaired) electrons. The van der Waals surface area contributed by atoms with Crippen LogP contribution in [0.4, 0.5) is 0 Å². The van der Waals surface area contributed by atoms with E-state index in [4.69, 9.17) is 5.73 Å². The highest BCUT2D eigenvalue weighted by Gasteiger charge is 2.22. The lowest BCUT2D eigenvalue weighted by Crippen LogP contribution is -2.40. The lowest BCUT2D eigenvalue weighted by atomic mass is 9.93. The van der Waals surface area contributed by atoms with Gasteiger partial charge in [-0.25, -0.2) is 0 Å². The molecule has 0 aliphatic heterocycles. The lowest BCUT2D eigenvalue weighted by molar-refractivity contribution is 0.0735. The third-order valence-corrected chi connectivity index (χ3v) is 2.45. The van der Waals surface area contributed by atoms with Crippen molar-refractivity contribution in [3.8, 4) is 0 Å². The van der Waals surface area contributed by atoms with Gasteiger partial charge in [-0.3, -0.25) is 9.78 Å². The molecular weight excluding hydrogens is 273 g/mol. The third kappa shape index (κ3) is 5.67. The Morgan fingerprint density at radius 3 is 2.44 bits per heavy atom. The Bertz CT molecular complexity index is 358. The number of hydrogen-bond donors (Lipinski definition) is 1. The van der Waals surface area contributed by atoms with E-state index in [9.17, 15) is 4.79 Å². The van der Waals surface area contributed by atoms with Crippen LogP contribution >= 0.6 is 24.8 Å². The molecule has 104 valence electrons. The highest BCUT2D eigenvalue weighted by atomic mass is 35.5. The van der Waals surface area contributed by atoms with Gasteiger partial charge in [-0.05, 0) is 24.1 Å². The van der Waals surface area contributed by atoms with E-state index in [2.05, 4.69) is 4.98 Å². The van der Waals surface area contributed by atoms with Crippen molar-refractivity contribution in [2.24, 2.45) is 11.1 Å². The maximum Gasteiger partial charge on any atom is 0.272 e. The topological polar surface area (TPSA) is 59.2 Å². The first kappa shape index (κ1) is 19.5. The largest absolute Gasteiger partial charge is 0.340 e. The van der Waals surface area contributed by atoms with Crippen molar-refractivity contribution in [3.63, 3.8) is 0 Å². The van der Waals surface area contributed by atoms with Gasteiger partial charge >= 0.3 is 0 Å². The Labute approximate surface area is 121 Å². The Balaban J connectivity index is 0. The van der Waals surface area contributed by atoms with Gasteiger partial charge < -0.3 is 10.6 Å². The van der Waals surface area contributed by atoms with Crippen LogP contribution in [0.1, 0.15) is 24.3 Å². The first-order valence-electron chi connectivity index (χ1n) is 5.33. The fourth-order valence-electron chi connectivity index (χ4n) is 1.46. The Morgan fingerprint density at radius 2 is 2.00 bits per heavy atom. The normalized spacial score (nSPS) is 10.0. The van der Waals surface area contributed by atoms with Gasteiger partial charge in [0, 0.05) is 19.8 Å². The molecule has 0 saturated heterocycles. The zero-order valence-corrected chi connectivity index (χ0v) is 12.6. The number of carbonyl (C=O) groups is 1. The van der Waals surface area contributed by atoms with E-state index in [0.29, 0.717) is 18.8 Å². The fraction of sp³-hybridized carbons (Fsp3) is 0.500. The molecule has 4 nitrogen and oxygen atoms in total. The summed E-state index contributed by atoms with van der Waals surface area (Å²) in [5.41, 5.74) is 6.04. The van der Waals surface area contributed by atoms with E-state index >= 15 is 0 Å². The molecule has 0 aliphatic rings. The monoisotopic (exact) mass is 293 g/mol. The summed E-state index contributed by atoms with van der Waals surface area (Å²) >= 11 is 0. The number of aromatic nitrogens is 1. The van der Waals surface area contributed by atoms with E-state index in [1.807, 2.05) is 19.9 Å². The molecule has 2 N–H and O–H groups in total. The summed E-state index contributed by atoms with van der Waals surface area (Å²) in [6.45, 7) is 5.25. The van der Waals surface area contributed by atoms with Gasteiger partial charge in [-0.15, -0.1) is 24.8 Å². The van der Waals surface area contributed by atoms with Crippen molar-refractivity contribution in [1.29, 1.82) is 0 Å². The molecule has 6 heteroatoms. The van der Waals surface area contributed by atoms with Crippen LogP contribution in [0.15, 0.2) is 24.4 Å². The molecule has 1 amide bonds. The van der Waals surface area contributed by atoms with Crippen molar-refractivity contribution < 1.29 is 4.79 Å². The van der Waals surface area contributed by atoms with Crippen LogP contribution in [0.5, 0.6) is 0 Å². The summed E-state index contributed by atoms with van der Waals surface area (Å²) in [5, 5.41) is 0. The maximum atomic E-state index is 12.0. The van der Waals surface area contributed by atoms with E-state index in [1.54, 1.807) is 30.3 Å². The molecule has 18 heavy (non-hydrogen) atoms. The summed E-state index contributed by atoms with van der Waals surface area (Å²) < 4.78 is 0. The summed E-state index contributed by atoms with van der Waals surface area (Å²) in [5.74, 6) is -0.0675. The second-order valence-corrected chi connectivity index (χ2v) is 4.74. The molecule has 0 aliphatic carbocycles. The molecular formula is C12H21Cl2N3O. The van der Waals surface area contributed by atoms with Crippen LogP contribution in [0.3, 0.4) is 0 Å². The van der Waals surface area contributed by atoms with Crippen LogP contribution in [-0.4, -0.2) is 35.9 Å². The second kappa shape index (κ2) is 8.29. The number of carbonyl (C=O) groups excluding carboxylic acids is 1. The number of pyridine rings is 1. The number of nitrogens with two attached hydrogens (primary N) is 1. The zero-order valence-electron chi connectivity index (χ0n) is 10.9. The highest BCUT2D eigenvalue weighted by molar-refractivity contribution is 5.92. The fourth-order valence-corrected chi connectivity index (χ4v) is 1.46. The SMILES string of the molecule is CN(CC(C)(C)CN)C(=O)c1ccccn1.Cl.Cl. The van der Waals surface area contributed by atoms with E-state index in [0.717, 1.165) is 0 Å². The van der Waals surface area contributed by atoms with Gasteiger partial charge in [0.25, 0.3) is 5.91 Å². The van der Waals surface area contributed by atoms with Gasteiger partial charge in [0.15, 0.2) is 0 Å². The Kier molecular flexibility index (Phi) is 8.99. The molecule has 1 heterocycles. The van der Waals surface area contributed by atoms with Gasteiger partial charge in [0.05, 0.1) is 0 Å². The predicted molar refractivity (Wildman–Crippen MR) is 78.5 cm³/mol. The van der Waals surface area contributed by atoms with Crippen molar-refractivity contribution >= 4 is 30.7 Å². The van der Waals surface area contributed by atoms with Crippen LogP contribution in [0, 0.1) is 5.41 Å². The first-order valence-corrected chi connectivity index (χ1v) is 5.33. The highest BCUT2D eigenvalue weighted by Crippen LogP contribution is 2.14. The minimum absolute atomic E-state index is 0. The molecule has 0 fully saturated rings. The van der Waals surface area contributed by atoms with E-state index in [-0.39, 0.29) is 36.1 Å². The molecule has 0 aromatic carbocycles. The van der Waals surface area contributed by atoms with Gasteiger partial charge in [-0.1, -0.05) is 19.9 Å². The Hall–Kier alpha value is -0.840. The number of halogens is 2. The number of hydrogen-bond acceptors (Lipinski definition) is 3. The molecule has 1 aromatic rings. The molecule has 0 spiro atoms. The third-order valence-electron chi connectivity index (χ3n) is 2.45. The number of amides is 1. The minimum Gasteiger partial charge on any atom is -0.340 e. The quantitative estimate of drug-likeness (QED) is 0.923. The summed E-state index contributed by atoms with van der Waals surface area (Å²) in [7, 11) is 1.77. The maximum absolute atomic E-state index is 12.0. The van der Waals surface area contributed by atoms with Gasteiger partial charge in [0.2, 0.25) is 0 Å². The number of rotatable bonds is 4. The van der Waals surface area contributed by atoms with Gasteiger partial charge in [-0.2, -0.15) is 0 Å². The van der Waals surface area contributed by atoms with Crippen LogP contribution in [-0.2, 0) is 0 Å². The standard InChI is InChI=1S/C12H19N3O.2ClH/c1-12(2,8-13)9-15(3)11(16)10-6-4-5-7-14-10;;/h4-7H,8-9,13H2,1-3H3;2*1H.